The van der Waals surface area contributed by atoms with Crippen LogP contribution in [0.2, 0.25) is 0 Å². The molecule has 8 aromatic rings. The third-order valence-electron chi connectivity index (χ3n) is 11.7. The van der Waals surface area contributed by atoms with E-state index in [1.165, 1.54) is 88.3 Å². The smallest absolute Gasteiger partial charge is 0.132 e. The van der Waals surface area contributed by atoms with Gasteiger partial charge in [0.1, 0.15) is 11.5 Å². The molecule has 49 heavy (non-hydrogen) atoms. The van der Waals surface area contributed by atoms with Crippen molar-refractivity contribution in [2.45, 2.75) is 24.7 Å². The first-order valence-electron chi connectivity index (χ1n) is 17.3. The first-order chi connectivity index (χ1) is 24.0. The molecular weight excluding hydrogens is 593 g/mol. The van der Waals surface area contributed by atoms with E-state index in [9.17, 15) is 0 Å². The van der Waals surface area contributed by atoms with Crippen molar-refractivity contribution in [3.63, 3.8) is 0 Å². The lowest BCUT2D eigenvalue weighted by Crippen LogP contribution is -2.32. The Kier molecular flexibility index (Phi) is 5.17. The summed E-state index contributed by atoms with van der Waals surface area (Å²) in [7, 11) is 0. The average molecular weight is 625 g/mol. The van der Waals surface area contributed by atoms with Gasteiger partial charge < -0.3 is 4.74 Å². The molecule has 3 aliphatic rings. The van der Waals surface area contributed by atoms with Gasteiger partial charge in [0.2, 0.25) is 0 Å². The van der Waals surface area contributed by atoms with Crippen LogP contribution in [-0.4, -0.2) is 0 Å². The van der Waals surface area contributed by atoms with Gasteiger partial charge in [0.05, 0.1) is 5.41 Å². The predicted molar refractivity (Wildman–Crippen MR) is 202 cm³/mol. The Bertz CT molecular complexity index is 2680. The third kappa shape index (κ3) is 3.35. The van der Waals surface area contributed by atoms with Gasteiger partial charge in [0.25, 0.3) is 0 Å². The summed E-state index contributed by atoms with van der Waals surface area (Å²) in [4.78, 5) is 0. The molecule has 0 radical (unpaired) electrons. The van der Waals surface area contributed by atoms with Gasteiger partial charge in [-0.2, -0.15) is 0 Å². The second-order valence-corrected chi connectivity index (χ2v) is 14.4. The van der Waals surface area contributed by atoms with E-state index in [0.717, 1.165) is 11.5 Å². The Hall–Kier alpha value is -5.92. The van der Waals surface area contributed by atoms with Gasteiger partial charge in [-0.25, -0.2) is 0 Å². The number of ether oxygens (including phenoxy) is 1. The number of rotatable bonds is 1. The van der Waals surface area contributed by atoms with Crippen molar-refractivity contribution < 1.29 is 4.74 Å². The van der Waals surface area contributed by atoms with Gasteiger partial charge in [0.15, 0.2) is 0 Å². The van der Waals surface area contributed by atoms with Crippen LogP contribution in [-0.2, 0) is 10.8 Å². The fourth-order valence-electron chi connectivity index (χ4n) is 9.64. The van der Waals surface area contributed by atoms with Gasteiger partial charge in [-0.15, -0.1) is 0 Å². The molecule has 0 bridgehead atoms. The summed E-state index contributed by atoms with van der Waals surface area (Å²) in [6.07, 6.45) is 0. The van der Waals surface area contributed by atoms with Crippen molar-refractivity contribution in [2.24, 2.45) is 0 Å². The molecule has 1 heterocycles. The number of benzene rings is 8. The maximum atomic E-state index is 6.88. The van der Waals surface area contributed by atoms with Gasteiger partial charge in [0, 0.05) is 16.5 Å². The molecule has 0 unspecified atom stereocenters. The molecule has 0 fully saturated rings. The molecule has 8 aromatic carbocycles. The van der Waals surface area contributed by atoms with Crippen molar-refractivity contribution in [2.75, 3.05) is 0 Å². The zero-order chi connectivity index (χ0) is 32.5. The minimum atomic E-state index is -0.530. The summed E-state index contributed by atoms with van der Waals surface area (Å²) in [5.41, 5.74) is 14.9. The molecule has 0 amide bonds. The molecule has 0 N–H and O–H groups in total. The highest BCUT2D eigenvalue weighted by Crippen LogP contribution is 2.63. The number of hydrogen-bond donors (Lipinski definition) is 0. The van der Waals surface area contributed by atoms with Gasteiger partial charge in [-0.05, 0) is 101 Å². The molecule has 0 saturated heterocycles. The van der Waals surface area contributed by atoms with Crippen LogP contribution in [0.4, 0.5) is 0 Å². The van der Waals surface area contributed by atoms with Crippen molar-refractivity contribution in [3.05, 3.63) is 191 Å². The third-order valence-corrected chi connectivity index (χ3v) is 11.7. The van der Waals surface area contributed by atoms with Gasteiger partial charge in [-0.1, -0.05) is 147 Å². The highest BCUT2D eigenvalue weighted by Gasteiger charge is 2.52. The highest BCUT2D eigenvalue weighted by atomic mass is 16.5. The Morgan fingerprint density at radius 3 is 1.61 bits per heavy atom. The maximum Gasteiger partial charge on any atom is 0.132 e. The Balaban J connectivity index is 1.18. The van der Waals surface area contributed by atoms with Crippen LogP contribution in [0.3, 0.4) is 0 Å². The standard InChI is InChI=1S/C48H32O/c1-47(2)41-27-31(20-23-37(41)38-24-19-29-11-3-5-13-33(29)45(38)47)32-22-25-43-42(28-32)48(46-34-14-6-4-12-30(34)21-26-44(46)49-43)39-17-9-7-15-35(39)36-16-8-10-18-40(36)48/h3-28H,1-2H3. The van der Waals surface area contributed by atoms with E-state index in [-0.39, 0.29) is 5.41 Å². The molecule has 1 nitrogen and oxygen atoms in total. The van der Waals surface area contributed by atoms with Crippen LogP contribution < -0.4 is 4.74 Å². The van der Waals surface area contributed by atoms with Crippen molar-refractivity contribution in [1.29, 1.82) is 0 Å². The SMILES string of the molecule is CC1(C)c2cc(-c3ccc4c(c3)C3(c5ccccc5-c5ccccc53)c3c(ccc5ccccc35)O4)ccc2-c2ccc3ccccc3c21. The van der Waals surface area contributed by atoms with Crippen LogP contribution in [0.25, 0.3) is 54.9 Å². The molecule has 11 rings (SSSR count). The highest BCUT2D eigenvalue weighted by molar-refractivity contribution is 5.99. The lowest BCUT2D eigenvalue weighted by molar-refractivity contribution is 0.438. The quantitative estimate of drug-likeness (QED) is 0.177. The summed E-state index contributed by atoms with van der Waals surface area (Å²) in [5, 5.41) is 5.10. The molecule has 0 saturated carbocycles. The molecule has 0 atom stereocenters. The largest absolute Gasteiger partial charge is 0.457 e. The monoisotopic (exact) mass is 624 g/mol. The summed E-state index contributed by atoms with van der Waals surface area (Å²) < 4.78 is 6.88. The lowest BCUT2D eigenvalue weighted by atomic mass is 9.64. The fourth-order valence-corrected chi connectivity index (χ4v) is 9.64. The fraction of sp³-hybridized carbons (Fsp3) is 0.0833. The predicted octanol–water partition coefficient (Wildman–Crippen LogP) is 12.4. The number of hydrogen-bond acceptors (Lipinski definition) is 1. The molecule has 1 heteroatoms. The minimum absolute atomic E-state index is 0.124. The van der Waals surface area contributed by atoms with Crippen LogP contribution in [0.15, 0.2) is 158 Å². The van der Waals surface area contributed by atoms with Crippen LogP contribution in [0.1, 0.15) is 47.2 Å². The normalized spacial score (nSPS) is 15.2. The molecule has 2 aliphatic carbocycles. The van der Waals surface area contributed by atoms with E-state index in [1.54, 1.807) is 0 Å². The number of fused-ring (bicyclic) bond motifs is 16. The maximum absolute atomic E-state index is 6.88. The first-order valence-corrected chi connectivity index (χ1v) is 17.3. The van der Waals surface area contributed by atoms with Gasteiger partial charge >= 0.3 is 0 Å². The van der Waals surface area contributed by atoms with Crippen LogP contribution >= 0.6 is 0 Å². The Morgan fingerprint density at radius 1 is 0.388 bits per heavy atom. The molecule has 1 aliphatic heterocycles. The van der Waals surface area contributed by atoms with Crippen molar-refractivity contribution in [1.82, 2.24) is 0 Å². The van der Waals surface area contributed by atoms with E-state index in [2.05, 4.69) is 172 Å². The zero-order valence-electron chi connectivity index (χ0n) is 27.4. The molecule has 0 aromatic heterocycles. The lowest BCUT2D eigenvalue weighted by Gasteiger charge is -2.40. The topological polar surface area (TPSA) is 9.23 Å². The second kappa shape index (κ2) is 9.36. The van der Waals surface area contributed by atoms with E-state index >= 15 is 0 Å². The molecular formula is C48H32O. The van der Waals surface area contributed by atoms with Crippen LogP contribution in [0.5, 0.6) is 11.5 Å². The van der Waals surface area contributed by atoms with E-state index in [0.29, 0.717) is 0 Å². The average Bonchev–Trinajstić information content (AvgIpc) is 3.57. The summed E-state index contributed by atoms with van der Waals surface area (Å²) >= 11 is 0. The molecule has 230 valence electrons. The van der Waals surface area contributed by atoms with Crippen molar-refractivity contribution in [3.8, 4) is 44.9 Å². The Morgan fingerprint density at radius 2 is 0.898 bits per heavy atom. The summed E-state index contributed by atoms with van der Waals surface area (Å²) in [5.74, 6) is 1.84. The van der Waals surface area contributed by atoms with Gasteiger partial charge in [-0.3, -0.25) is 0 Å². The second-order valence-electron chi connectivity index (χ2n) is 14.4. The molecule has 1 spiro atoms. The van der Waals surface area contributed by atoms with Crippen LogP contribution in [0, 0.1) is 0 Å². The van der Waals surface area contributed by atoms with E-state index < -0.39 is 5.41 Å². The first kappa shape index (κ1) is 27.1. The van der Waals surface area contributed by atoms with E-state index in [4.69, 9.17) is 4.74 Å². The summed E-state index contributed by atoms with van der Waals surface area (Å²) in [6.45, 7) is 4.77. The summed E-state index contributed by atoms with van der Waals surface area (Å²) in [6, 6.07) is 58.5. The zero-order valence-corrected chi connectivity index (χ0v) is 27.4. The van der Waals surface area contributed by atoms with E-state index in [1.807, 2.05) is 0 Å². The minimum Gasteiger partial charge on any atom is -0.457 e. The van der Waals surface area contributed by atoms with Crippen molar-refractivity contribution >= 4 is 21.5 Å². The Labute approximate surface area is 286 Å².